The molecule has 0 aromatic carbocycles. The molecule has 0 bridgehead atoms. The van der Waals surface area contributed by atoms with Gasteiger partial charge in [-0.1, -0.05) is 43.1 Å². The van der Waals surface area contributed by atoms with Crippen molar-refractivity contribution < 1.29 is 4.74 Å². The highest BCUT2D eigenvalue weighted by molar-refractivity contribution is 6.59. The van der Waals surface area contributed by atoms with Crippen LogP contribution in [0.15, 0.2) is 12.2 Å². The summed E-state index contributed by atoms with van der Waals surface area (Å²) in [6.07, 6.45) is 15.2. The van der Waals surface area contributed by atoms with Crippen LogP contribution in [0, 0.1) is 11.8 Å². The van der Waals surface area contributed by atoms with E-state index in [0.717, 1.165) is 18.4 Å². The Bertz CT molecular complexity index is 273. The monoisotopic (exact) mass is 294 g/mol. The first-order chi connectivity index (χ1) is 9.83. The van der Waals surface area contributed by atoms with Crippen LogP contribution in [0.5, 0.6) is 0 Å². The van der Waals surface area contributed by atoms with Gasteiger partial charge in [0.1, 0.15) is 0 Å². The van der Waals surface area contributed by atoms with E-state index >= 15 is 0 Å². The van der Waals surface area contributed by atoms with E-state index in [-0.39, 0.29) is 8.80 Å². The number of rotatable bonds is 6. The largest absolute Gasteiger partial charge is 0.379 e. The molecule has 0 N–H and O–H groups in total. The quantitative estimate of drug-likeness (QED) is 0.484. The van der Waals surface area contributed by atoms with Gasteiger partial charge in [-0.05, 0) is 57.8 Å². The highest BCUT2D eigenvalue weighted by atomic mass is 28.3. The lowest BCUT2D eigenvalue weighted by Crippen LogP contribution is -2.30. The molecule has 1 saturated heterocycles. The maximum Gasteiger partial charge on any atom is 0.0575 e. The van der Waals surface area contributed by atoms with Gasteiger partial charge in [-0.15, -0.1) is 0 Å². The average Bonchev–Trinajstić information content (AvgIpc) is 2.49. The molecule has 2 aliphatic rings. The smallest absolute Gasteiger partial charge is 0.0575 e. The fourth-order valence-electron chi connectivity index (χ4n) is 4.41. The molecule has 2 heteroatoms. The second-order valence-electron chi connectivity index (χ2n) is 6.92. The van der Waals surface area contributed by atoms with E-state index < -0.39 is 0 Å². The summed E-state index contributed by atoms with van der Waals surface area (Å²) >= 11 is 0. The number of allylic oxidation sites excluding steroid dienone is 2. The van der Waals surface area contributed by atoms with Gasteiger partial charge in [0, 0.05) is 15.4 Å². The standard InChI is InChI=1S/C18H34OSi/c1-3-5-6-13-20-14-11-17(12-15-20)16-7-9-18(10-8-16)19-4-2/h3,5,16-18,20H,4,6-15H2,1-2H3/t16?,17-,18?,20-. The zero-order valence-corrected chi connectivity index (χ0v) is 14.8. The molecule has 1 saturated carbocycles. The lowest BCUT2D eigenvalue weighted by atomic mass is 9.76. The molecule has 0 aromatic heterocycles. The summed E-state index contributed by atoms with van der Waals surface area (Å²) in [6.45, 7) is 5.18. The molecule has 0 unspecified atom stereocenters. The summed E-state index contributed by atoms with van der Waals surface area (Å²) in [4.78, 5) is 0. The lowest BCUT2D eigenvalue weighted by molar-refractivity contribution is 0.0171. The zero-order valence-electron chi connectivity index (χ0n) is 13.7. The van der Waals surface area contributed by atoms with Crippen LogP contribution in [-0.2, 0) is 4.74 Å². The summed E-state index contributed by atoms with van der Waals surface area (Å²) in [5.74, 6) is 2.11. The molecule has 116 valence electrons. The van der Waals surface area contributed by atoms with E-state index in [1.165, 1.54) is 32.1 Å². The van der Waals surface area contributed by atoms with Crippen molar-refractivity contribution in [1.82, 2.24) is 0 Å². The zero-order chi connectivity index (χ0) is 14.2. The Hall–Kier alpha value is -0.0831. The van der Waals surface area contributed by atoms with Gasteiger partial charge in [-0.3, -0.25) is 0 Å². The third kappa shape index (κ3) is 5.03. The van der Waals surface area contributed by atoms with Crippen molar-refractivity contribution in [2.75, 3.05) is 6.61 Å². The Morgan fingerprint density at radius 2 is 1.65 bits per heavy atom. The van der Waals surface area contributed by atoms with Crippen molar-refractivity contribution in [2.45, 2.75) is 83.0 Å². The molecule has 1 heterocycles. The average molecular weight is 295 g/mol. The van der Waals surface area contributed by atoms with Crippen LogP contribution < -0.4 is 0 Å². The molecule has 20 heavy (non-hydrogen) atoms. The summed E-state index contributed by atoms with van der Waals surface area (Å²) in [7, 11) is -0.350. The second kappa shape index (κ2) is 9.04. The lowest BCUT2D eigenvalue weighted by Gasteiger charge is -2.37. The molecule has 0 amide bonds. The topological polar surface area (TPSA) is 9.23 Å². The Labute approximate surface area is 127 Å². The molecular weight excluding hydrogens is 260 g/mol. The van der Waals surface area contributed by atoms with Crippen molar-refractivity contribution in [3.63, 3.8) is 0 Å². The van der Waals surface area contributed by atoms with Gasteiger partial charge in [-0.25, -0.2) is 0 Å². The summed E-state index contributed by atoms with van der Waals surface area (Å²) < 4.78 is 5.79. The fourth-order valence-corrected chi connectivity index (χ4v) is 7.74. The third-order valence-corrected chi connectivity index (χ3v) is 9.11. The first kappa shape index (κ1) is 16.3. The molecule has 0 spiro atoms. The summed E-state index contributed by atoms with van der Waals surface area (Å²) in [6, 6.07) is 4.83. The van der Waals surface area contributed by atoms with Gasteiger partial charge in [0.15, 0.2) is 0 Å². The van der Waals surface area contributed by atoms with E-state index in [9.17, 15) is 0 Å². The molecule has 0 radical (unpaired) electrons. The van der Waals surface area contributed by atoms with Crippen molar-refractivity contribution in [2.24, 2.45) is 11.8 Å². The van der Waals surface area contributed by atoms with E-state index in [1.54, 1.807) is 31.0 Å². The molecular formula is C18H34OSi. The second-order valence-corrected chi connectivity index (χ2v) is 10.4. The molecule has 2 rings (SSSR count). The van der Waals surface area contributed by atoms with Gasteiger partial charge in [-0.2, -0.15) is 0 Å². The van der Waals surface area contributed by atoms with E-state index in [1.807, 2.05) is 0 Å². The molecule has 0 aromatic rings. The van der Waals surface area contributed by atoms with Crippen LogP contribution in [0.4, 0.5) is 0 Å². The predicted molar refractivity (Wildman–Crippen MR) is 91.1 cm³/mol. The van der Waals surface area contributed by atoms with Crippen molar-refractivity contribution in [3.8, 4) is 0 Å². The molecule has 1 aliphatic heterocycles. The van der Waals surface area contributed by atoms with Crippen molar-refractivity contribution in [1.29, 1.82) is 0 Å². The minimum absolute atomic E-state index is 0.350. The van der Waals surface area contributed by atoms with Crippen LogP contribution in [-0.4, -0.2) is 21.5 Å². The van der Waals surface area contributed by atoms with Gasteiger partial charge in [0.05, 0.1) is 6.10 Å². The summed E-state index contributed by atoms with van der Waals surface area (Å²) in [5.41, 5.74) is 0. The summed E-state index contributed by atoms with van der Waals surface area (Å²) in [5, 5.41) is 0. The van der Waals surface area contributed by atoms with E-state index in [0.29, 0.717) is 6.10 Å². The molecule has 0 atom stereocenters. The number of hydrogen-bond donors (Lipinski definition) is 0. The number of ether oxygens (including phenoxy) is 1. The maximum absolute atomic E-state index is 5.79. The van der Waals surface area contributed by atoms with Crippen LogP contribution in [0.2, 0.25) is 18.1 Å². The first-order valence-corrected chi connectivity index (χ1v) is 11.5. The number of hydrogen-bond acceptors (Lipinski definition) is 1. The maximum atomic E-state index is 5.79. The highest BCUT2D eigenvalue weighted by Gasteiger charge is 2.31. The first-order valence-electron chi connectivity index (χ1n) is 9.06. The van der Waals surface area contributed by atoms with Gasteiger partial charge in [0.2, 0.25) is 0 Å². The Morgan fingerprint density at radius 3 is 2.25 bits per heavy atom. The van der Waals surface area contributed by atoms with Crippen LogP contribution in [0.1, 0.15) is 58.8 Å². The van der Waals surface area contributed by atoms with Gasteiger partial charge < -0.3 is 4.74 Å². The predicted octanol–water partition coefficient (Wildman–Crippen LogP) is 5.19. The van der Waals surface area contributed by atoms with Crippen LogP contribution >= 0.6 is 0 Å². The Balaban J connectivity index is 1.64. The third-order valence-electron chi connectivity index (χ3n) is 5.66. The highest BCUT2D eigenvalue weighted by Crippen LogP contribution is 2.40. The molecule has 2 fully saturated rings. The Morgan fingerprint density at radius 1 is 1.00 bits per heavy atom. The van der Waals surface area contributed by atoms with E-state index in [2.05, 4.69) is 26.0 Å². The van der Waals surface area contributed by atoms with Crippen LogP contribution in [0.3, 0.4) is 0 Å². The normalized spacial score (nSPS) is 35.5. The molecule has 1 aliphatic carbocycles. The minimum Gasteiger partial charge on any atom is -0.379 e. The van der Waals surface area contributed by atoms with Crippen LogP contribution in [0.25, 0.3) is 0 Å². The minimum atomic E-state index is -0.350. The van der Waals surface area contributed by atoms with Gasteiger partial charge >= 0.3 is 0 Å². The van der Waals surface area contributed by atoms with E-state index in [4.69, 9.17) is 4.74 Å². The molecule has 1 nitrogen and oxygen atoms in total. The van der Waals surface area contributed by atoms with Crippen molar-refractivity contribution in [3.05, 3.63) is 12.2 Å². The fraction of sp³-hybridized carbons (Fsp3) is 0.889. The van der Waals surface area contributed by atoms with Gasteiger partial charge in [0.25, 0.3) is 0 Å². The van der Waals surface area contributed by atoms with Crippen molar-refractivity contribution >= 4 is 8.80 Å². The SMILES string of the molecule is CC=CCC[Si@H]1CC[C@H](C2CCC(OCC)CC2)CC1. The Kier molecular flexibility index (Phi) is 7.36.